The molecule has 0 saturated heterocycles. The highest BCUT2D eigenvalue weighted by atomic mass is 35.5. The van der Waals surface area contributed by atoms with Crippen LogP contribution in [0.5, 0.6) is 0 Å². The molecule has 1 aromatic carbocycles. The Morgan fingerprint density at radius 2 is 1.64 bits per heavy atom. The maximum absolute atomic E-state index is 6.07. The number of halogens is 2. The first-order chi connectivity index (χ1) is 6.49. The van der Waals surface area contributed by atoms with Crippen LogP contribution in [0.1, 0.15) is 29.5 Å². The summed E-state index contributed by atoms with van der Waals surface area (Å²) in [7, 11) is 0. The maximum atomic E-state index is 6.07. The van der Waals surface area contributed by atoms with E-state index in [2.05, 4.69) is 6.92 Å². The summed E-state index contributed by atoms with van der Waals surface area (Å²) in [6.45, 7) is 6.71. The molecule has 0 aliphatic rings. The van der Waals surface area contributed by atoms with E-state index in [4.69, 9.17) is 28.9 Å². The molecule has 0 saturated carbocycles. The first-order valence-electron chi connectivity index (χ1n) is 4.64. The quantitative estimate of drug-likeness (QED) is 0.827. The molecule has 2 N–H and O–H groups in total. The molecule has 1 aromatic rings. The van der Waals surface area contributed by atoms with Gasteiger partial charge in [0.25, 0.3) is 0 Å². The standard InChI is InChI=1S/C11H15Cl2N/c1-6(5-14)11-7(2)9(12)4-10(13)8(11)3/h4,6H,5,14H2,1-3H3. The average molecular weight is 232 g/mol. The van der Waals surface area contributed by atoms with Gasteiger partial charge in [0.1, 0.15) is 0 Å². The van der Waals surface area contributed by atoms with Crippen molar-refractivity contribution < 1.29 is 0 Å². The van der Waals surface area contributed by atoms with E-state index < -0.39 is 0 Å². The molecule has 0 aliphatic carbocycles. The van der Waals surface area contributed by atoms with Crippen LogP contribution >= 0.6 is 23.2 Å². The Morgan fingerprint density at radius 1 is 1.21 bits per heavy atom. The van der Waals surface area contributed by atoms with Crippen molar-refractivity contribution in [2.45, 2.75) is 26.7 Å². The number of benzene rings is 1. The molecule has 3 heteroatoms. The molecule has 1 nitrogen and oxygen atoms in total. The van der Waals surface area contributed by atoms with Gasteiger partial charge in [-0.25, -0.2) is 0 Å². The second-order valence-electron chi connectivity index (χ2n) is 3.64. The lowest BCUT2D eigenvalue weighted by Gasteiger charge is -2.18. The van der Waals surface area contributed by atoms with Crippen molar-refractivity contribution in [3.05, 3.63) is 32.8 Å². The Bertz CT molecular complexity index is 321. The highest BCUT2D eigenvalue weighted by molar-refractivity contribution is 6.35. The lowest BCUT2D eigenvalue weighted by Crippen LogP contribution is -2.12. The van der Waals surface area contributed by atoms with Crippen molar-refractivity contribution in [1.82, 2.24) is 0 Å². The Hall–Kier alpha value is -0.240. The zero-order valence-electron chi connectivity index (χ0n) is 8.70. The minimum Gasteiger partial charge on any atom is -0.330 e. The van der Waals surface area contributed by atoms with E-state index in [9.17, 15) is 0 Å². The third kappa shape index (κ3) is 2.05. The minimum absolute atomic E-state index is 0.297. The molecule has 0 aliphatic heterocycles. The van der Waals surface area contributed by atoms with Gasteiger partial charge in [-0.3, -0.25) is 0 Å². The molecule has 1 unspecified atom stereocenters. The van der Waals surface area contributed by atoms with Gasteiger partial charge in [0.15, 0.2) is 0 Å². The van der Waals surface area contributed by atoms with Crippen LogP contribution in [0.4, 0.5) is 0 Å². The van der Waals surface area contributed by atoms with Crippen molar-refractivity contribution in [2.75, 3.05) is 6.54 Å². The maximum Gasteiger partial charge on any atom is 0.0453 e. The summed E-state index contributed by atoms with van der Waals surface area (Å²) in [5.41, 5.74) is 9.02. The summed E-state index contributed by atoms with van der Waals surface area (Å²) in [5.74, 6) is 0.297. The van der Waals surface area contributed by atoms with E-state index in [0.29, 0.717) is 12.5 Å². The molecule has 0 spiro atoms. The normalized spacial score (nSPS) is 13.0. The van der Waals surface area contributed by atoms with Crippen LogP contribution in [-0.4, -0.2) is 6.54 Å². The minimum atomic E-state index is 0.297. The van der Waals surface area contributed by atoms with E-state index in [0.717, 1.165) is 21.2 Å². The van der Waals surface area contributed by atoms with E-state index >= 15 is 0 Å². The Balaban J connectivity index is 3.39. The number of hydrogen-bond donors (Lipinski definition) is 1. The van der Waals surface area contributed by atoms with Gasteiger partial charge in [0, 0.05) is 10.0 Å². The molecule has 0 aromatic heterocycles. The van der Waals surface area contributed by atoms with E-state index in [1.807, 2.05) is 13.8 Å². The zero-order valence-corrected chi connectivity index (χ0v) is 10.2. The van der Waals surface area contributed by atoms with Gasteiger partial charge in [0.2, 0.25) is 0 Å². The summed E-state index contributed by atoms with van der Waals surface area (Å²) in [4.78, 5) is 0. The largest absolute Gasteiger partial charge is 0.330 e. The summed E-state index contributed by atoms with van der Waals surface area (Å²) in [6.07, 6.45) is 0. The van der Waals surface area contributed by atoms with Crippen molar-refractivity contribution in [2.24, 2.45) is 5.73 Å². The van der Waals surface area contributed by atoms with Gasteiger partial charge in [0.05, 0.1) is 0 Å². The second-order valence-corrected chi connectivity index (χ2v) is 4.46. The predicted octanol–water partition coefficient (Wildman–Crippen LogP) is 3.67. The lowest BCUT2D eigenvalue weighted by molar-refractivity contribution is 0.761. The molecule has 14 heavy (non-hydrogen) atoms. The van der Waals surface area contributed by atoms with Crippen LogP contribution in [0, 0.1) is 13.8 Å². The molecule has 1 atom stereocenters. The molecule has 0 fully saturated rings. The Morgan fingerprint density at radius 3 is 2.00 bits per heavy atom. The van der Waals surface area contributed by atoms with E-state index in [1.54, 1.807) is 6.07 Å². The fourth-order valence-corrected chi connectivity index (χ4v) is 2.20. The van der Waals surface area contributed by atoms with Gasteiger partial charge in [-0.1, -0.05) is 30.1 Å². The summed E-state index contributed by atoms with van der Waals surface area (Å²) < 4.78 is 0. The molecule has 1 rings (SSSR count). The van der Waals surface area contributed by atoms with Crippen molar-refractivity contribution >= 4 is 23.2 Å². The molecular formula is C11H15Cl2N. The molecule has 0 amide bonds. The molecule has 0 radical (unpaired) electrons. The summed E-state index contributed by atoms with van der Waals surface area (Å²) in [5, 5.41) is 1.44. The van der Waals surface area contributed by atoms with Gasteiger partial charge in [-0.05, 0) is 49.1 Å². The molecule has 78 valence electrons. The van der Waals surface area contributed by atoms with Gasteiger partial charge in [-0.15, -0.1) is 0 Å². The van der Waals surface area contributed by atoms with Crippen LogP contribution in [0.25, 0.3) is 0 Å². The highest BCUT2D eigenvalue weighted by Crippen LogP contribution is 2.33. The third-order valence-electron chi connectivity index (χ3n) is 2.62. The molecule has 0 bridgehead atoms. The van der Waals surface area contributed by atoms with E-state index in [-0.39, 0.29) is 0 Å². The summed E-state index contributed by atoms with van der Waals surface area (Å²) in [6, 6.07) is 1.79. The Kier molecular flexibility index (Phi) is 3.82. The molecular weight excluding hydrogens is 217 g/mol. The zero-order chi connectivity index (χ0) is 10.9. The highest BCUT2D eigenvalue weighted by Gasteiger charge is 2.14. The first kappa shape index (κ1) is 11.8. The predicted molar refractivity (Wildman–Crippen MR) is 63.4 cm³/mol. The fraction of sp³-hybridized carbons (Fsp3) is 0.455. The lowest BCUT2D eigenvalue weighted by atomic mass is 9.92. The third-order valence-corrected chi connectivity index (χ3v) is 3.41. The monoisotopic (exact) mass is 231 g/mol. The second kappa shape index (κ2) is 4.52. The SMILES string of the molecule is Cc1c(Cl)cc(Cl)c(C)c1C(C)CN. The first-order valence-corrected chi connectivity index (χ1v) is 5.39. The van der Waals surface area contributed by atoms with Crippen molar-refractivity contribution in [1.29, 1.82) is 0 Å². The fourth-order valence-electron chi connectivity index (χ4n) is 1.72. The van der Waals surface area contributed by atoms with Crippen LogP contribution in [0.2, 0.25) is 10.0 Å². The number of rotatable bonds is 2. The van der Waals surface area contributed by atoms with Gasteiger partial charge >= 0.3 is 0 Å². The number of nitrogens with two attached hydrogens (primary N) is 1. The van der Waals surface area contributed by atoms with E-state index in [1.165, 1.54) is 5.56 Å². The van der Waals surface area contributed by atoms with Crippen LogP contribution in [-0.2, 0) is 0 Å². The van der Waals surface area contributed by atoms with Gasteiger partial charge < -0.3 is 5.73 Å². The van der Waals surface area contributed by atoms with Crippen LogP contribution in [0.15, 0.2) is 6.07 Å². The van der Waals surface area contributed by atoms with Gasteiger partial charge in [-0.2, -0.15) is 0 Å². The molecule has 0 heterocycles. The van der Waals surface area contributed by atoms with Crippen molar-refractivity contribution in [3.63, 3.8) is 0 Å². The average Bonchev–Trinajstić information content (AvgIpc) is 2.15. The number of hydrogen-bond acceptors (Lipinski definition) is 1. The van der Waals surface area contributed by atoms with Crippen LogP contribution in [0.3, 0.4) is 0 Å². The topological polar surface area (TPSA) is 26.0 Å². The Labute approximate surface area is 95.2 Å². The van der Waals surface area contributed by atoms with Crippen molar-refractivity contribution in [3.8, 4) is 0 Å². The summed E-state index contributed by atoms with van der Waals surface area (Å²) >= 11 is 12.1. The smallest absolute Gasteiger partial charge is 0.0453 e. The van der Waals surface area contributed by atoms with Crippen LogP contribution < -0.4 is 5.73 Å².